The van der Waals surface area contributed by atoms with E-state index in [1.807, 2.05) is 80.6 Å². The minimum Gasteiger partial charge on any atom is -0.352 e. The van der Waals surface area contributed by atoms with Crippen molar-refractivity contribution in [1.82, 2.24) is 10.2 Å². The van der Waals surface area contributed by atoms with Crippen molar-refractivity contribution in [2.24, 2.45) is 0 Å². The number of sulfonamides is 1. The Labute approximate surface area is 293 Å². The van der Waals surface area contributed by atoms with Crippen LogP contribution < -0.4 is 9.62 Å². The topological polar surface area (TPSA) is 86.8 Å². The van der Waals surface area contributed by atoms with Gasteiger partial charge in [-0.25, -0.2) is 8.42 Å². The molecule has 252 valence electrons. The molecule has 0 saturated heterocycles. The third-order valence-electron chi connectivity index (χ3n) is 8.99. The van der Waals surface area contributed by atoms with Crippen LogP contribution in [0.15, 0.2) is 112 Å². The van der Waals surface area contributed by atoms with Gasteiger partial charge in [0.2, 0.25) is 11.8 Å². The van der Waals surface area contributed by atoms with Gasteiger partial charge < -0.3 is 10.2 Å². The number of amides is 2. The smallest absolute Gasteiger partial charge is 0.264 e. The molecule has 0 aromatic heterocycles. The minimum absolute atomic E-state index is 0.0437. The first kappa shape index (κ1) is 35.4. The molecule has 0 spiro atoms. The second kappa shape index (κ2) is 16.4. The number of nitrogens with one attached hydrogen (secondary N) is 1. The monoisotopic (exact) mass is 729 g/mol. The molecule has 1 aliphatic carbocycles. The average molecular weight is 731 g/mol. The van der Waals surface area contributed by atoms with Crippen molar-refractivity contribution in [3.05, 3.63) is 130 Å². The fourth-order valence-corrected chi connectivity index (χ4v) is 8.23. The summed E-state index contributed by atoms with van der Waals surface area (Å²) in [5.74, 6) is -0.688. The average Bonchev–Trinajstić information content (AvgIpc) is 3.09. The third-order valence-corrected chi connectivity index (χ3v) is 11.3. The van der Waals surface area contributed by atoms with Gasteiger partial charge in [-0.15, -0.1) is 0 Å². The predicted octanol–water partition coefficient (Wildman–Crippen LogP) is 7.60. The van der Waals surface area contributed by atoms with Crippen LogP contribution in [0.3, 0.4) is 0 Å². The molecule has 9 heteroatoms. The molecule has 2 amide bonds. The molecule has 7 nitrogen and oxygen atoms in total. The summed E-state index contributed by atoms with van der Waals surface area (Å²) in [6, 6.07) is 30.4. The zero-order valence-corrected chi connectivity index (χ0v) is 30.0. The molecule has 1 saturated carbocycles. The Bertz CT molecular complexity index is 1790. The molecule has 0 unspecified atom stereocenters. The SMILES string of the molecule is CCc1ccccc1N(CC(=O)N(Cc1cccc(Br)c1)[C@H](Cc1ccccc1)C(=O)NC1CCCCC1)S(=O)(=O)c1ccc(C)cc1. The van der Waals surface area contributed by atoms with Crippen LogP contribution in [-0.2, 0) is 39.0 Å². The highest BCUT2D eigenvalue weighted by Gasteiger charge is 2.36. The lowest BCUT2D eigenvalue weighted by Crippen LogP contribution is -2.55. The first-order valence-electron chi connectivity index (χ1n) is 16.7. The molecular weight excluding hydrogens is 686 g/mol. The number of carbonyl (C=O) groups is 2. The first-order chi connectivity index (χ1) is 23.2. The summed E-state index contributed by atoms with van der Waals surface area (Å²) in [4.78, 5) is 30.8. The minimum atomic E-state index is -4.16. The van der Waals surface area contributed by atoms with E-state index in [0.717, 1.165) is 58.8 Å². The lowest BCUT2D eigenvalue weighted by molar-refractivity contribution is -0.140. The number of nitrogens with zero attached hydrogens (tertiary/aromatic N) is 2. The number of hydrogen-bond acceptors (Lipinski definition) is 4. The Hall–Kier alpha value is -3.95. The van der Waals surface area contributed by atoms with Gasteiger partial charge in [-0.3, -0.25) is 13.9 Å². The molecule has 0 bridgehead atoms. The maximum Gasteiger partial charge on any atom is 0.264 e. The number of para-hydroxylation sites is 1. The van der Waals surface area contributed by atoms with Gasteiger partial charge in [0.1, 0.15) is 12.6 Å². The molecule has 5 rings (SSSR count). The van der Waals surface area contributed by atoms with Crippen molar-refractivity contribution in [3.8, 4) is 0 Å². The number of halogens is 1. The molecule has 0 heterocycles. The van der Waals surface area contributed by atoms with E-state index in [1.165, 1.54) is 4.31 Å². The van der Waals surface area contributed by atoms with E-state index in [-0.39, 0.29) is 29.8 Å². The predicted molar refractivity (Wildman–Crippen MR) is 195 cm³/mol. The van der Waals surface area contributed by atoms with E-state index in [4.69, 9.17) is 0 Å². The van der Waals surface area contributed by atoms with Crippen LogP contribution in [0.25, 0.3) is 0 Å². The molecule has 48 heavy (non-hydrogen) atoms. The van der Waals surface area contributed by atoms with Crippen LogP contribution in [0.1, 0.15) is 61.3 Å². The Balaban J connectivity index is 1.58. The molecule has 1 N–H and O–H groups in total. The molecule has 1 atom stereocenters. The fraction of sp³-hybridized carbons (Fsp3) is 0.333. The van der Waals surface area contributed by atoms with Gasteiger partial charge in [-0.05, 0) is 73.2 Å². The van der Waals surface area contributed by atoms with E-state index >= 15 is 0 Å². The summed E-state index contributed by atoms with van der Waals surface area (Å²) in [7, 11) is -4.16. The van der Waals surface area contributed by atoms with Crippen LogP contribution in [0.5, 0.6) is 0 Å². The standard InChI is InChI=1S/C39H44BrN3O4S/c1-3-32-16-10-11-20-36(32)43(48(46,47)35-23-21-29(2)22-24-35)28-38(44)42(27-31-15-12-17-33(40)25-31)37(26-30-13-6-4-7-14-30)39(45)41-34-18-8-5-9-19-34/h4,6-7,10-17,20-25,34,37H,3,5,8-9,18-19,26-28H2,1-2H3,(H,41,45)/t37-/m1/s1. The highest BCUT2D eigenvalue weighted by atomic mass is 79.9. The number of carbonyl (C=O) groups excluding carboxylic acids is 2. The number of hydrogen-bond donors (Lipinski definition) is 1. The van der Waals surface area contributed by atoms with Crippen LogP contribution in [0, 0.1) is 6.92 Å². The van der Waals surface area contributed by atoms with Crippen LogP contribution in [-0.4, -0.2) is 43.8 Å². The first-order valence-corrected chi connectivity index (χ1v) is 18.9. The summed E-state index contributed by atoms with van der Waals surface area (Å²) < 4.78 is 30.9. The van der Waals surface area contributed by atoms with Crippen molar-refractivity contribution >= 4 is 43.5 Å². The Morgan fingerprint density at radius 3 is 2.21 bits per heavy atom. The molecule has 1 aliphatic rings. The van der Waals surface area contributed by atoms with E-state index in [1.54, 1.807) is 41.3 Å². The molecule has 1 fully saturated rings. The van der Waals surface area contributed by atoms with Gasteiger partial charge in [0, 0.05) is 23.5 Å². The second-order valence-electron chi connectivity index (χ2n) is 12.5. The van der Waals surface area contributed by atoms with Gasteiger partial charge >= 0.3 is 0 Å². The van der Waals surface area contributed by atoms with Gasteiger partial charge in [-0.2, -0.15) is 0 Å². The lowest BCUT2D eigenvalue weighted by atomic mass is 9.94. The van der Waals surface area contributed by atoms with Gasteiger partial charge in [0.05, 0.1) is 10.6 Å². The van der Waals surface area contributed by atoms with Crippen molar-refractivity contribution in [2.45, 2.75) is 82.3 Å². The lowest BCUT2D eigenvalue weighted by Gasteiger charge is -2.35. The largest absolute Gasteiger partial charge is 0.352 e. The maximum atomic E-state index is 14.8. The van der Waals surface area contributed by atoms with E-state index in [0.29, 0.717) is 12.1 Å². The van der Waals surface area contributed by atoms with Crippen molar-refractivity contribution in [2.75, 3.05) is 10.8 Å². The summed E-state index contributed by atoms with van der Waals surface area (Å²) in [6.07, 6.45) is 5.93. The van der Waals surface area contributed by atoms with E-state index in [2.05, 4.69) is 21.2 Å². The number of benzene rings is 4. The van der Waals surface area contributed by atoms with Gasteiger partial charge in [0.15, 0.2) is 0 Å². The van der Waals surface area contributed by atoms with Crippen molar-refractivity contribution in [3.63, 3.8) is 0 Å². The summed E-state index contributed by atoms with van der Waals surface area (Å²) in [5.41, 5.74) is 3.91. The van der Waals surface area contributed by atoms with Gasteiger partial charge in [-0.1, -0.05) is 120 Å². The molecular formula is C39H44BrN3O4S. The maximum absolute atomic E-state index is 14.8. The van der Waals surface area contributed by atoms with E-state index in [9.17, 15) is 18.0 Å². The summed E-state index contributed by atoms with van der Waals surface area (Å²) in [6.45, 7) is 3.52. The molecule has 4 aromatic rings. The zero-order valence-electron chi connectivity index (χ0n) is 27.6. The molecule has 4 aromatic carbocycles. The van der Waals surface area contributed by atoms with Crippen molar-refractivity contribution < 1.29 is 18.0 Å². The van der Waals surface area contributed by atoms with Crippen molar-refractivity contribution in [1.29, 1.82) is 0 Å². The van der Waals surface area contributed by atoms with Crippen LogP contribution in [0.2, 0.25) is 0 Å². The van der Waals surface area contributed by atoms with E-state index < -0.39 is 28.5 Å². The van der Waals surface area contributed by atoms with Gasteiger partial charge in [0.25, 0.3) is 10.0 Å². The Kier molecular flexibility index (Phi) is 12.1. The van der Waals surface area contributed by atoms with Crippen LogP contribution in [0.4, 0.5) is 5.69 Å². The number of aryl methyl sites for hydroxylation is 2. The normalized spacial score (nSPS) is 14.2. The second-order valence-corrected chi connectivity index (χ2v) is 15.3. The highest BCUT2D eigenvalue weighted by Crippen LogP contribution is 2.29. The third kappa shape index (κ3) is 8.94. The number of anilines is 1. The quantitative estimate of drug-likeness (QED) is 0.154. The molecule has 0 radical (unpaired) electrons. The Morgan fingerprint density at radius 2 is 1.52 bits per heavy atom. The zero-order chi connectivity index (χ0) is 34.1. The summed E-state index contributed by atoms with van der Waals surface area (Å²) in [5, 5.41) is 3.26. The highest BCUT2D eigenvalue weighted by molar-refractivity contribution is 9.10. The fourth-order valence-electron chi connectivity index (χ4n) is 6.33. The summed E-state index contributed by atoms with van der Waals surface area (Å²) >= 11 is 3.55. The number of rotatable bonds is 13. The molecule has 0 aliphatic heterocycles. The van der Waals surface area contributed by atoms with Crippen LogP contribution >= 0.6 is 15.9 Å². The Morgan fingerprint density at radius 1 is 0.854 bits per heavy atom.